The predicted molar refractivity (Wildman–Crippen MR) is 127 cm³/mol. The summed E-state index contributed by atoms with van der Waals surface area (Å²) in [5.74, 6) is 1.74. The SMILES string of the molecule is CCC(C)N(C)CCNC(=NC)NCc1ccc(C)cc1OC1CCOC1.I. The van der Waals surface area contributed by atoms with E-state index in [4.69, 9.17) is 9.47 Å². The zero-order valence-electron chi connectivity index (χ0n) is 18.0. The number of nitrogens with one attached hydrogen (secondary N) is 2. The lowest BCUT2D eigenvalue weighted by molar-refractivity contribution is 0.140. The van der Waals surface area contributed by atoms with Crippen molar-refractivity contribution >= 4 is 29.9 Å². The Morgan fingerprint density at radius 3 is 2.82 bits per heavy atom. The van der Waals surface area contributed by atoms with Gasteiger partial charge in [0.05, 0.1) is 13.2 Å². The molecule has 1 aromatic carbocycles. The first kappa shape index (κ1) is 25.0. The van der Waals surface area contributed by atoms with E-state index in [2.05, 4.69) is 66.5 Å². The zero-order valence-corrected chi connectivity index (χ0v) is 20.3. The smallest absolute Gasteiger partial charge is 0.191 e. The van der Waals surface area contributed by atoms with Crippen LogP contribution in [0.1, 0.15) is 37.8 Å². The fourth-order valence-corrected chi connectivity index (χ4v) is 2.99. The first-order chi connectivity index (χ1) is 13.0. The fourth-order valence-electron chi connectivity index (χ4n) is 2.99. The maximum atomic E-state index is 6.17. The van der Waals surface area contributed by atoms with Crippen LogP contribution in [0.2, 0.25) is 0 Å². The molecule has 0 radical (unpaired) electrons. The summed E-state index contributed by atoms with van der Waals surface area (Å²) in [6, 6.07) is 6.93. The molecule has 1 fully saturated rings. The predicted octanol–water partition coefficient (Wildman–Crippen LogP) is 3.18. The highest BCUT2D eigenvalue weighted by Gasteiger charge is 2.18. The highest BCUT2D eigenvalue weighted by molar-refractivity contribution is 14.0. The van der Waals surface area contributed by atoms with Gasteiger partial charge in [0.2, 0.25) is 0 Å². The Morgan fingerprint density at radius 2 is 2.18 bits per heavy atom. The third-order valence-corrected chi connectivity index (χ3v) is 5.17. The Kier molecular flexibility index (Phi) is 11.8. The number of hydrogen-bond acceptors (Lipinski definition) is 4. The second-order valence-electron chi connectivity index (χ2n) is 7.31. The summed E-state index contributed by atoms with van der Waals surface area (Å²) in [6.07, 6.45) is 2.26. The second kappa shape index (κ2) is 13.2. The fraction of sp³-hybridized carbons (Fsp3) is 0.667. The van der Waals surface area contributed by atoms with Gasteiger partial charge in [0.15, 0.2) is 5.96 Å². The van der Waals surface area contributed by atoms with Crippen molar-refractivity contribution in [3.05, 3.63) is 29.3 Å². The number of halogens is 1. The standard InChI is InChI=1S/C21H36N4O2.HI/c1-6-17(3)25(5)11-10-23-21(22-4)24-14-18-8-7-16(2)13-20(18)27-19-9-12-26-15-19;/h7-8,13,17,19H,6,9-12,14-15H2,1-5H3,(H2,22,23,24);1H. The minimum atomic E-state index is 0. The molecule has 1 aliphatic heterocycles. The highest BCUT2D eigenvalue weighted by Crippen LogP contribution is 2.23. The Hall–Kier alpha value is -1.06. The van der Waals surface area contributed by atoms with Crippen molar-refractivity contribution in [1.82, 2.24) is 15.5 Å². The molecule has 6 nitrogen and oxygen atoms in total. The number of hydrogen-bond donors (Lipinski definition) is 2. The molecule has 7 heteroatoms. The van der Waals surface area contributed by atoms with Gasteiger partial charge in [-0.15, -0.1) is 24.0 Å². The molecule has 1 aromatic rings. The van der Waals surface area contributed by atoms with E-state index in [9.17, 15) is 0 Å². The van der Waals surface area contributed by atoms with Crippen molar-refractivity contribution in [1.29, 1.82) is 0 Å². The summed E-state index contributed by atoms with van der Waals surface area (Å²) in [4.78, 5) is 6.69. The molecule has 2 rings (SSSR count). The Bertz CT molecular complexity index is 606. The first-order valence-corrected chi connectivity index (χ1v) is 10.0. The number of aryl methyl sites for hydroxylation is 1. The van der Waals surface area contributed by atoms with E-state index in [1.54, 1.807) is 7.05 Å². The molecule has 0 amide bonds. The third kappa shape index (κ3) is 8.13. The van der Waals surface area contributed by atoms with Crippen LogP contribution < -0.4 is 15.4 Å². The van der Waals surface area contributed by atoms with Crippen molar-refractivity contribution < 1.29 is 9.47 Å². The number of aliphatic imine (C=N–C) groups is 1. The van der Waals surface area contributed by atoms with Crippen LogP contribution >= 0.6 is 24.0 Å². The van der Waals surface area contributed by atoms with Gasteiger partial charge in [0, 0.05) is 44.7 Å². The van der Waals surface area contributed by atoms with Crippen LogP contribution in [0.15, 0.2) is 23.2 Å². The molecule has 160 valence electrons. The van der Waals surface area contributed by atoms with Gasteiger partial charge in [-0.05, 0) is 38.9 Å². The van der Waals surface area contributed by atoms with Crippen molar-refractivity contribution in [2.75, 3.05) is 40.4 Å². The van der Waals surface area contributed by atoms with Crippen LogP contribution in [0.5, 0.6) is 5.75 Å². The summed E-state index contributed by atoms with van der Waals surface area (Å²) in [7, 11) is 3.96. The van der Waals surface area contributed by atoms with Crippen LogP contribution in [-0.2, 0) is 11.3 Å². The molecule has 0 bridgehead atoms. The van der Waals surface area contributed by atoms with Gasteiger partial charge in [-0.25, -0.2) is 0 Å². The summed E-state index contributed by atoms with van der Waals surface area (Å²) >= 11 is 0. The summed E-state index contributed by atoms with van der Waals surface area (Å²) in [5, 5.41) is 6.79. The van der Waals surface area contributed by atoms with Crippen LogP contribution in [0.4, 0.5) is 0 Å². The Labute approximate surface area is 187 Å². The molecule has 2 N–H and O–H groups in total. The minimum Gasteiger partial charge on any atom is -0.488 e. The van der Waals surface area contributed by atoms with Crippen LogP contribution in [0, 0.1) is 6.92 Å². The number of rotatable bonds is 9. The Morgan fingerprint density at radius 1 is 1.39 bits per heavy atom. The average molecular weight is 504 g/mol. The van der Waals surface area contributed by atoms with E-state index in [0.717, 1.165) is 49.8 Å². The van der Waals surface area contributed by atoms with Gasteiger partial charge >= 0.3 is 0 Å². The van der Waals surface area contributed by atoms with Crippen molar-refractivity contribution in [2.45, 2.75) is 52.3 Å². The van der Waals surface area contributed by atoms with Crippen molar-refractivity contribution in [3.63, 3.8) is 0 Å². The first-order valence-electron chi connectivity index (χ1n) is 10.0. The van der Waals surface area contributed by atoms with Crippen LogP contribution in [-0.4, -0.2) is 63.4 Å². The molecule has 0 aromatic heterocycles. The summed E-state index contributed by atoms with van der Waals surface area (Å²) < 4.78 is 11.6. The molecule has 0 aliphatic carbocycles. The molecule has 2 unspecified atom stereocenters. The van der Waals surface area contributed by atoms with Gasteiger partial charge in [-0.3, -0.25) is 4.99 Å². The summed E-state index contributed by atoms with van der Waals surface area (Å²) in [6.45, 7) is 10.5. The van der Waals surface area contributed by atoms with Crippen LogP contribution in [0.25, 0.3) is 0 Å². The van der Waals surface area contributed by atoms with E-state index < -0.39 is 0 Å². The molecule has 0 saturated carbocycles. The van der Waals surface area contributed by atoms with Gasteiger partial charge in [-0.1, -0.05) is 19.1 Å². The van der Waals surface area contributed by atoms with Crippen molar-refractivity contribution in [3.8, 4) is 5.75 Å². The van der Waals surface area contributed by atoms with E-state index in [0.29, 0.717) is 19.2 Å². The third-order valence-electron chi connectivity index (χ3n) is 5.17. The number of guanidine groups is 1. The lowest BCUT2D eigenvalue weighted by atomic mass is 10.1. The number of benzene rings is 1. The van der Waals surface area contributed by atoms with Crippen molar-refractivity contribution in [2.24, 2.45) is 4.99 Å². The van der Waals surface area contributed by atoms with Gasteiger partial charge < -0.3 is 25.0 Å². The second-order valence-corrected chi connectivity index (χ2v) is 7.31. The maximum Gasteiger partial charge on any atom is 0.191 e. The topological polar surface area (TPSA) is 58.1 Å². The van der Waals surface area contributed by atoms with E-state index in [1.807, 2.05) is 0 Å². The number of ether oxygens (including phenoxy) is 2. The average Bonchev–Trinajstić information content (AvgIpc) is 3.17. The zero-order chi connectivity index (χ0) is 19.6. The van der Waals surface area contributed by atoms with Gasteiger partial charge in [-0.2, -0.15) is 0 Å². The molecule has 28 heavy (non-hydrogen) atoms. The molecule has 2 atom stereocenters. The molecule has 1 aliphatic rings. The molecule has 1 saturated heterocycles. The van der Waals surface area contributed by atoms with E-state index in [-0.39, 0.29) is 30.1 Å². The normalized spacial score (nSPS) is 17.9. The monoisotopic (exact) mass is 504 g/mol. The van der Waals surface area contributed by atoms with E-state index in [1.165, 1.54) is 5.56 Å². The summed E-state index contributed by atoms with van der Waals surface area (Å²) in [5.41, 5.74) is 2.33. The lowest BCUT2D eigenvalue weighted by Crippen LogP contribution is -2.42. The van der Waals surface area contributed by atoms with Crippen LogP contribution in [0.3, 0.4) is 0 Å². The highest BCUT2D eigenvalue weighted by atomic mass is 127. The lowest BCUT2D eigenvalue weighted by Gasteiger charge is -2.24. The van der Waals surface area contributed by atoms with Gasteiger partial charge in [0.1, 0.15) is 11.9 Å². The molecular weight excluding hydrogens is 467 g/mol. The van der Waals surface area contributed by atoms with E-state index >= 15 is 0 Å². The largest absolute Gasteiger partial charge is 0.488 e. The maximum absolute atomic E-state index is 6.17. The number of likely N-dealkylation sites (N-methyl/N-ethyl adjacent to an activating group) is 1. The molecular formula is C21H37IN4O2. The molecule has 0 spiro atoms. The number of nitrogens with zero attached hydrogens (tertiary/aromatic N) is 2. The Balaban J connectivity index is 0.00000392. The minimum absolute atomic E-state index is 0. The van der Waals surface area contributed by atoms with Gasteiger partial charge in [0.25, 0.3) is 0 Å². The molecule has 1 heterocycles. The quantitative estimate of drug-likeness (QED) is 0.308.